The summed E-state index contributed by atoms with van der Waals surface area (Å²) in [5.41, 5.74) is -1.65. The zero-order valence-corrected chi connectivity index (χ0v) is 12.2. The van der Waals surface area contributed by atoms with Gasteiger partial charge in [0.15, 0.2) is 0 Å². The van der Waals surface area contributed by atoms with Gasteiger partial charge < -0.3 is 10.0 Å². The van der Waals surface area contributed by atoms with Gasteiger partial charge in [-0.2, -0.15) is 0 Å². The van der Waals surface area contributed by atoms with Crippen LogP contribution in [0.15, 0.2) is 12.3 Å². The first-order valence-electron chi connectivity index (χ1n) is 5.97. The number of amides is 1. The summed E-state index contributed by atoms with van der Waals surface area (Å²) in [7, 11) is 0. The molecule has 1 rings (SSSR count). The first-order valence-corrected chi connectivity index (χ1v) is 6.35. The summed E-state index contributed by atoms with van der Waals surface area (Å²) in [5, 5.41) is 20.7. The summed E-state index contributed by atoms with van der Waals surface area (Å²) in [5.74, 6) is -0.564. The number of rotatable bonds is 5. The molecule has 0 fully saturated rings. The molecule has 7 nitrogen and oxygen atoms in total. The Morgan fingerprint density at radius 3 is 2.65 bits per heavy atom. The van der Waals surface area contributed by atoms with Crippen LogP contribution in [0.25, 0.3) is 0 Å². The Labute approximate surface area is 121 Å². The van der Waals surface area contributed by atoms with E-state index in [2.05, 4.69) is 4.98 Å². The largest absolute Gasteiger partial charge is 0.389 e. The molecule has 0 atom stereocenters. The maximum absolute atomic E-state index is 12.4. The molecule has 0 aliphatic heterocycles. The van der Waals surface area contributed by atoms with Gasteiger partial charge in [0.1, 0.15) is 16.9 Å². The molecule has 1 amide bonds. The number of nitrogens with zero attached hydrogens (tertiary/aromatic N) is 3. The average Bonchev–Trinajstić information content (AvgIpc) is 2.33. The number of aromatic nitrogens is 1. The van der Waals surface area contributed by atoms with Crippen molar-refractivity contribution in [2.24, 2.45) is 0 Å². The van der Waals surface area contributed by atoms with Crippen molar-refractivity contribution in [3.63, 3.8) is 0 Å². The molecule has 0 saturated carbocycles. The summed E-state index contributed by atoms with van der Waals surface area (Å²) < 4.78 is 0. The van der Waals surface area contributed by atoms with Gasteiger partial charge in [0, 0.05) is 13.1 Å². The molecule has 0 radical (unpaired) electrons. The topological polar surface area (TPSA) is 96.6 Å². The van der Waals surface area contributed by atoms with Crippen molar-refractivity contribution in [3.8, 4) is 0 Å². The molecule has 8 heteroatoms. The van der Waals surface area contributed by atoms with Crippen LogP contribution in [0.1, 0.15) is 31.1 Å². The molecule has 0 spiro atoms. The lowest BCUT2D eigenvalue weighted by Gasteiger charge is -2.28. The number of halogens is 1. The second-order valence-electron chi connectivity index (χ2n) is 4.91. The Bertz CT molecular complexity index is 528. The minimum absolute atomic E-state index is 0.00161. The van der Waals surface area contributed by atoms with Gasteiger partial charge in [0.25, 0.3) is 11.6 Å². The molecule has 110 valence electrons. The zero-order valence-electron chi connectivity index (χ0n) is 11.5. The van der Waals surface area contributed by atoms with Crippen LogP contribution in [-0.4, -0.2) is 44.5 Å². The third-order valence-electron chi connectivity index (χ3n) is 2.52. The van der Waals surface area contributed by atoms with Crippen LogP contribution in [0.2, 0.25) is 5.15 Å². The molecule has 1 N–H and O–H groups in total. The molecule has 0 aromatic carbocycles. The number of pyridine rings is 1. The van der Waals surface area contributed by atoms with Gasteiger partial charge in [-0.15, -0.1) is 0 Å². The lowest BCUT2D eigenvalue weighted by Crippen LogP contribution is -2.42. The van der Waals surface area contributed by atoms with E-state index in [1.54, 1.807) is 20.8 Å². The summed E-state index contributed by atoms with van der Waals surface area (Å²) in [4.78, 5) is 27.5. The molecule has 0 unspecified atom stereocenters. The predicted octanol–water partition coefficient (Wildman–Crippen LogP) is 1.88. The number of likely N-dealkylation sites (N-methyl/N-ethyl adjacent to an activating group) is 1. The molecule has 0 aliphatic rings. The van der Waals surface area contributed by atoms with E-state index >= 15 is 0 Å². The Morgan fingerprint density at radius 2 is 2.20 bits per heavy atom. The fourth-order valence-electron chi connectivity index (χ4n) is 1.70. The molecule has 1 aromatic rings. The van der Waals surface area contributed by atoms with Gasteiger partial charge in [-0.1, -0.05) is 11.6 Å². The van der Waals surface area contributed by atoms with Crippen LogP contribution >= 0.6 is 11.6 Å². The highest BCUT2D eigenvalue weighted by molar-refractivity contribution is 6.29. The van der Waals surface area contributed by atoms with Crippen molar-refractivity contribution in [3.05, 3.63) is 33.1 Å². The highest BCUT2D eigenvalue weighted by Crippen LogP contribution is 2.22. The molecule has 0 aliphatic carbocycles. The summed E-state index contributed by atoms with van der Waals surface area (Å²) in [6, 6.07) is 1.16. The van der Waals surface area contributed by atoms with Crippen LogP contribution in [0.5, 0.6) is 0 Å². The van der Waals surface area contributed by atoms with Crippen LogP contribution in [0.4, 0.5) is 5.69 Å². The van der Waals surface area contributed by atoms with E-state index in [1.807, 2.05) is 0 Å². The van der Waals surface area contributed by atoms with E-state index < -0.39 is 22.1 Å². The minimum Gasteiger partial charge on any atom is -0.389 e. The summed E-state index contributed by atoms with van der Waals surface area (Å²) >= 11 is 5.69. The van der Waals surface area contributed by atoms with Crippen molar-refractivity contribution in [2.75, 3.05) is 13.1 Å². The van der Waals surface area contributed by atoms with Gasteiger partial charge in [0.2, 0.25) is 0 Å². The zero-order chi connectivity index (χ0) is 15.5. The Morgan fingerprint density at radius 1 is 1.60 bits per heavy atom. The predicted molar refractivity (Wildman–Crippen MR) is 73.8 cm³/mol. The Balaban J connectivity index is 3.18. The third kappa shape index (κ3) is 4.14. The second kappa shape index (κ2) is 6.15. The maximum atomic E-state index is 12.4. The van der Waals surface area contributed by atoms with E-state index in [0.29, 0.717) is 6.54 Å². The molecule has 0 saturated heterocycles. The standard InChI is InChI=1S/C12H16ClN3O4/c1-4-15(7-12(2,3)18)11(17)8-5-10(13)14-6-9(8)16(19)20/h5-6,18H,4,7H2,1-3H3. The van der Waals surface area contributed by atoms with Crippen LogP contribution in [-0.2, 0) is 0 Å². The smallest absolute Gasteiger partial charge is 0.300 e. The number of nitro groups is 1. The van der Waals surface area contributed by atoms with Crippen molar-refractivity contribution in [2.45, 2.75) is 26.4 Å². The molecule has 20 heavy (non-hydrogen) atoms. The number of hydrogen-bond acceptors (Lipinski definition) is 5. The maximum Gasteiger partial charge on any atom is 0.300 e. The first-order chi connectivity index (χ1) is 9.15. The monoisotopic (exact) mass is 301 g/mol. The first kappa shape index (κ1) is 16.3. The van der Waals surface area contributed by atoms with Crippen LogP contribution in [0.3, 0.4) is 0 Å². The van der Waals surface area contributed by atoms with Gasteiger partial charge in [0.05, 0.1) is 10.5 Å². The molecule has 0 bridgehead atoms. The fourth-order valence-corrected chi connectivity index (χ4v) is 1.86. The second-order valence-corrected chi connectivity index (χ2v) is 5.30. The van der Waals surface area contributed by atoms with Crippen LogP contribution in [0, 0.1) is 10.1 Å². The quantitative estimate of drug-likeness (QED) is 0.509. The van der Waals surface area contributed by atoms with Gasteiger partial charge in [-0.25, -0.2) is 4.98 Å². The number of hydrogen-bond donors (Lipinski definition) is 1. The number of carbonyl (C=O) groups is 1. The minimum atomic E-state index is -1.10. The van der Waals surface area contributed by atoms with E-state index in [4.69, 9.17) is 11.6 Å². The van der Waals surface area contributed by atoms with E-state index in [-0.39, 0.29) is 17.3 Å². The molecular weight excluding hydrogens is 286 g/mol. The summed E-state index contributed by atoms with van der Waals surface area (Å²) in [6.45, 7) is 5.19. The lowest BCUT2D eigenvalue weighted by molar-refractivity contribution is -0.385. The molecule has 1 aromatic heterocycles. The average molecular weight is 302 g/mol. The van der Waals surface area contributed by atoms with E-state index in [9.17, 15) is 20.0 Å². The Kier molecular flexibility index (Phi) is 5.02. The summed E-state index contributed by atoms with van der Waals surface area (Å²) in [6.07, 6.45) is 0.952. The van der Waals surface area contributed by atoms with Crippen molar-refractivity contribution >= 4 is 23.2 Å². The fraction of sp³-hybridized carbons (Fsp3) is 0.500. The van der Waals surface area contributed by atoms with Crippen molar-refractivity contribution in [1.82, 2.24) is 9.88 Å². The SMILES string of the molecule is CCN(CC(C)(C)O)C(=O)c1cc(Cl)ncc1[N+](=O)[O-]. The van der Waals surface area contributed by atoms with Crippen LogP contribution < -0.4 is 0 Å². The van der Waals surface area contributed by atoms with Gasteiger partial charge in [-0.05, 0) is 26.8 Å². The van der Waals surface area contributed by atoms with Gasteiger partial charge in [-0.3, -0.25) is 14.9 Å². The number of carbonyl (C=O) groups excluding carboxylic acids is 1. The third-order valence-corrected chi connectivity index (χ3v) is 2.73. The van der Waals surface area contributed by atoms with Gasteiger partial charge >= 0.3 is 0 Å². The normalized spacial score (nSPS) is 11.2. The number of aliphatic hydroxyl groups is 1. The molecule has 1 heterocycles. The van der Waals surface area contributed by atoms with E-state index in [0.717, 1.165) is 12.3 Å². The Hall–Kier alpha value is -1.73. The highest BCUT2D eigenvalue weighted by Gasteiger charge is 2.28. The highest BCUT2D eigenvalue weighted by atomic mass is 35.5. The lowest BCUT2D eigenvalue weighted by atomic mass is 10.1. The van der Waals surface area contributed by atoms with Crippen molar-refractivity contribution in [1.29, 1.82) is 0 Å². The van der Waals surface area contributed by atoms with E-state index in [1.165, 1.54) is 4.90 Å². The van der Waals surface area contributed by atoms with Crippen molar-refractivity contribution < 1.29 is 14.8 Å². The molecular formula is C12H16ClN3O4.